The summed E-state index contributed by atoms with van der Waals surface area (Å²) >= 11 is 6.19. The lowest BCUT2D eigenvalue weighted by Crippen LogP contribution is -2.46. The van der Waals surface area contributed by atoms with Gasteiger partial charge in [-0.1, -0.05) is 11.6 Å². The summed E-state index contributed by atoms with van der Waals surface area (Å²) in [6.45, 7) is 12.5. The summed E-state index contributed by atoms with van der Waals surface area (Å²) in [5.74, 6) is -0.672. The number of carbonyl (C=O) groups is 3. The van der Waals surface area contributed by atoms with Gasteiger partial charge < -0.3 is 14.2 Å². The number of rotatable bonds is 5. The molecule has 1 atom stereocenters. The molecular weight excluding hydrogens is 430 g/mol. The van der Waals surface area contributed by atoms with E-state index >= 15 is 0 Å². The molecule has 11 heteroatoms. The fourth-order valence-corrected chi connectivity index (χ4v) is 2.73. The summed E-state index contributed by atoms with van der Waals surface area (Å²) in [5, 5.41) is 3.74. The van der Waals surface area contributed by atoms with E-state index in [9.17, 15) is 19.2 Å². The molecule has 0 bridgehead atoms. The zero-order chi connectivity index (χ0) is 24.1. The Kier molecular flexibility index (Phi) is 8.63. The summed E-state index contributed by atoms with van der Waals surface area (Å²) < 4.78 is 16.3. The van der Waals surface area contributed by atoms with E-state index < -0.39 is 47.5 Å². The Balaban J connectivity index is 3.46. The van der Waals surface area contributed by atoms with Crippen LogP contribution in [0, 0.1) is 0 Å². The molecule has 1 aromatic rings. The Morgan fingerprint density at radius 3 is 2.00 bits per heavy atom. The third-order valence-electron chi connectivity index (χ3n) is 3.60. The van der Waals surface area contributed by atoms with Gasteiger partial charge in [0.1, 0.15) is 17.7 Å². The first-order valence-electron chi connectivity index (χ1n) is 9.73. The van der Waals surface area contributed by atoms with Gasteiger partial charge in [0.25, 0.3) is 5.56 Å². The number of nitrogens with zero attached hydrogens (tertiary/aromatic N) is 3. The number of ether oxygens (including phenoxy) is 3. The number of carbonyl (C=O) groups excluding carboxylic acids is 3. The molecule has 2 amide bonds. The molecule has 0 aliphatic heterocycles. The third-order valence-corrected chi connectivity index (χ3v) is 3.90. The standard InChI is InChI=1S/C20H30ClN3O7/c1-9-29-14(25)11-23-16(26)15(13(21)10-22-23)12(2)24(17(27)30-19(3,4)5)18(28)31-20(6,7)8/h10,12H,9,11H2,1-8H3. The van der Waals surface area contributed by atoms with E-state index in [4.69, 9.17) is 25.8 Å². The van der Waals surface area contributed by atoms with Gasteiger partial charge in [0, 0.05) is 0 Å². The number of halogens is 1. The third kappa shape index (κ3) is 7.86. The summed E-state index contributed by atoms with van der Waals surface area (Å²) in [5.41, 5.74) is -2.71. The highest BCUT2D eigenvalue weighted by Gasteiger charge is 2.37. The Hall–Kier alpha value is -2.62. The van der Waals surface area contributed by atoms with Crippen LogP contribution in [-0.2, 0) is 25.5 Å². The van der Waals surface area contributed by atoms with Crippen molar-refractivity contribution in [1.29, 1.82) is 0 Å². The fourth-order valence-electron chi connectivity index (χ4n) is 2.45. The van der Waals surface area contributed by atoms with Gasteiger partial charge in [-0.15, -0.1) is 0 Å². The predicted molar refractivity (Wildman–Crippen MR) is 113 cm³/mol. The van der Waals surface area contributed by atoms with Crippen LogP contribution >= 0.6 is 11.6 Å². The quantitative estimate of drug-likeness (QED) is 0.483. The van der Waals surface area contributed by atoms with E-state index in [0.29, 0.717) is 4.90 Å². The molecule has 0 aliphatic carbocycles. The van der Waals surface area contributed by atoms with Gasteiger partial charge in [0.15, 0.2) is 0 Å². The van der Waals surface area contributed by atoms with Crippen molar-refractivity contribution in [3.8, 4) is 0 Å². The molecule has 0 saturated carbocycles. The highest BCUT2D eigenvalue weighted by atomic mass is 35.5. The average molecular weight is 460 g/mol. The number of amides is 2. The lowest BCUT2D eigenvalue weighted by molar-refractivity contribution is -0.144. The van der Waals surface area contributed by atoms with Crippen molar-refractivity contribution < 1.29 is 28.6 Å². The second kappa shape index (κ2) is 10.1. The summed E-state index contributed by atoms with van der Waals surface area (Å²) in [6, 6.07) is -1.18. The van der Waals surface area contributed by atoms with Crippen molar-refractivity contribution in [3.63, 3.8) is 0 Å². The first-order chi connectivity index (χ1) is 14.1. The van der Waals surface area contributed by atoms with Crippen LogP contribution in [0.25, 0.3) is 0 Å². The molecule has 0 aliphatic rings. The number of imide groups is 1. The van der Waals surface area contributed by atoms with Crippen molar-refractivity contribution in [3.05, 3.63) is 27.1 Å². The smallest absolute Gasteiger partial charge is 0.420 e. The lowest BCUT2D eigenvalue weighted by Gasteiger charge is -2.32. The van der Waals surface area contributed by atoms with Gasteiger partial charge in [-0.25, -0.2) is 19.2 Å². The van der Waals surface area contributed by atoms with Crippen LogP contribution in [0.1, 0.15) is 67.0 Å². The zero-order valence-corrected chi connectivity index (χ0v) is 19.9. The normalized spacial score (nSPS) is 12.7. The van der Waals surface area contributed by atoms with E-state index in [0.717, 1.165) is 10.9 Å². The molecule has 10 nitrogen and oxygen atoms in total. The highest BCUT2D eigenvalue weighted by Crippen LogP contribution is 2.27. The van der Waals surface area contributed by atoms with Crippen LogP contribution in [-0.4, -0.2) is 50.6 Å². The highest BCUT2D eigenvalue weighted by molar-refractivity contribution is 6.31. The molecule has 0 fully saturated rings. The Morgan fingerprint density at radius 2 is 1.58 bits per heavy atom. The van der Waals surface area contributed by atoms with Gasteiger partial charge in [-0.2, -0.15) is 5.10 Å². The molecule has 0 radical (unpaired) electrons. The van der Waals surface area contributed by atoms with Gasteiger partial charge in [0.05, 0.1) is 29.4 Å². The van der Waals surface area contributed by atoms with Crippen molar-refractivity contribution in [2.75, 3.05) is 6.61 Å². The molecule has 174 valence electrons. The molecule has 1 unspecified atom stereocenters. The van der Waals surface area contributed by atoms with Crippen LogP contribution in [0.4, 0.5) is 9.59 Å². The molecule has 31 heavy (non-hydrogen) atoms. The number of esters is 1. The maximum absolute atomic E-state index is 13.0. The number of hydrogen-bond donors (Lipinski definition) is 0. The van der Waals surface area contributed by atoms with Crippen LogP contribution in [0.15, 0.2) is 11.0 Å². The van der Waals surface area contributed by atoms with Crippen molar-refractivity contribution in [2.24, 2.45) is 0 Å². The molecule has 0 spiro atoms. The van der Waals surface area contributed by atoms with E-state index in [1.165, 1.54) is 6.92 Å². The molecule has 0 N–H and O–H groups in total. The Labute approximate surface area is 186 Å². The fraction of sp³-hybridized carbons (Fsp3) is 0.650. The number of hydrogen-bond acceptors (Lipinski definition) is 8. The predicted octanol–water partition coefficient (Wildman–Crippen LogP) is 3.69. The molecule has 0 aromatic carbocycles. The van der Waals surface area contributed by atoms with Gasteiger partial charge in [-0.3, -0.25) is 9.59 Å². The molecule has 0 saturated heterocycles. The van der Waals surface area contributed by atoms with E-state index in [-0.39, 0.29) is 17.2 Å². The van der Waals surface area contributed by atoms with Crippen LogP contribution in [0.2, 0.25) is 5.02 Å². The largest absolute Gasteiger partial charge is 0.465 e. The van der Waals surface area contributed by atoms with E-state index in [1.807, 2.05) is 0 Å². The molecule has 1 rings (SSSR count). The first kappa shape index (κ1) is 26.4. The summed E-state index contributed by atoms with van der Waals surface area (Å²) in [7, 11) is 0. The minimum Gasteiger partial charge on any atom is -0.465 e. The van der Waals surface area contributed by atoms with E-state index in [2.05, 4.69) is 5.10 Å². The SMILES string of the molecule is CCOC(=O)Cn1ncc(Cl)c(C(C)N(C(=O)OC(C)(C)C)C(=O)OC(C)(C)C)c1=O. The Morgan fingerprint density at radius 1 is 1.10 bits per heavy atom. The second-order valence-electron chi connectivity index (χ2n) is 8.68. The second-order valence-corrected chi connectivity index (χ2v) is 9.09. The van der Waals surface area contributed by atoms with Gasteiger partial charge in [-0.05, 0) is 55.4 Å². The van der Waals surface area contributed by atoms with Crippen LogP contribution < -0.4 is 5.56 Å². The average Bonchev–Trinajstić information content (AvgIpc) is 2.54. The van der Waals surface area contributed by atoms with Crippen molar-refractivity contribution in [1.82, 2.24) is 14.7 Å². The van der Waals surface area contributed by atoms with Gasteiger partial charge >= 0.3 is 18.2 Å². The number of aromatic nitrogens is 2. The minimum absolute atomic E-state index is 0.0882. The molecular formula is C20H30ClN3O7. The topological polar surface area (TPSA) is 117 Å². The maximum atomic E-state index is 13.0. The van der Waals surface area contributed by atoms with Crippen molar-refractivity contribution >= 4 is 29.8 Å². The van der Waals surface area contributed by atoms with Crippen LogP contribution in [0.5, 0.6) is 0 Å². The zero-order valence-electron chi connectivity index (χ0n) is 19.1. The van der Waals surface area contributed by atoms with Gasteiger partial charge in [0.2, 0.25) is 0 Å². The maximum Gasteiger partial charge on any atom is 0.420 e. The summed E-state index contributed by atoms with van der Waals surface area (Å²) in [6.07, 6.45) is -0.881. The van der Waals surface area contributed by atoms with E-state index in [1.54, 1.807) is 48.5 Å². The lowest BCUT2D eigenvalue weighted by atomic mass is 10.1. The minimum atomic E-state index is -1.18. The summed E-state index contributed by atoms with van der Waals surface area (Å²) in [4.78, 5) is 51.1. The first-order valence-corrected chi connectivity index (χ1v) is 10.1. The Bertz CT molecular complexity index is 856. The molecule has 1 heterocycles. The monoisotopic (exact) mass is 459 g/mol. The molecule has 1 aromatic heterocycles. The van der Waals surface area contributed by atoms with Crippen molar-refractivity contribution in [2.45, 2.75) is 79.2 Å². The van der Waals surface area contributed by atoms with Crippen LogP contribution in [0.3, 0.4) is 0 Å².